The molecule has 5 unspecified atom stereocenters. The fraction of sp³-hybridized carbons (Fsp3) is 0.833. The molecule has 1 heterocycles. The summed E-state index contributed by atoms with van der Waals surface area (Å²) in [5.41, 5.74) is 0. The first kappa shape index (κ1) is 11.0. The second kappa shape index (κ2) is 3.70. The predicted octanol–water partition coefficient (Wildman–Crippen LogP) is -0.0636. The molecular weight excluding hydrogens is 222 g/mol. The van der Waals surface area contributed by atoms with Crippen molar-refractivity contribution < 1.29 is 19.8 Å². The SMILES string of the molecule is O=C(O)C1CC1C(=O)N1CC2CCC(O)C2C1. The maximum Gasteiger partial charge on any atom is 0.307 e. The van der Waals surface area contributed by atoms with Crippen LogP contribution in [0.4, 0.5) is 0 Å². The molecule has 2 aliphatic carbocycles. The molecule has 0 bridgehead atoms. The van der Waals surface area contributed by atoms with Crippen LogP contribution in [0.25, 0.3) is 0 Å². The van der Waals surface area contributed by atoms with Gasteiger partial charge >= 0.3 is 5.97 Å². The van der Waals surface area contributed by atoms with E-state index in [4.69, 9.17) is 5.11 Å². The van der Waals surface area contributed by atoms with Crippen molar-refractivity contribution in [1.29, 1.82) is 0 Å². The topological polar surface area (TPSA) is 77.8 Å². The molecule has 17 heavy (non-hydrogen) atoms. The van der Waals surface area contributed by atoms with E-state index in [9.17, 15) is 14.7 Å². The summed E-state index contributed by atoms with van der Waals surface area (Å²) in [4.78, 5) is 24.5. The number of carbonyl (C=O) groups is 2. The minimum absolute atomic E-state index is 0.0148. The molecular formula is C12H17NO4. The van der Waals surface area contributed by atoms with E-state index in [1.165, 1.54) is 0 Å². The van der Waals surface area contributed by atoms with Crippen molar-refractivity contribution in [2.75, 3.05) is 13.1 Å². The molecule has 1 amide bonds. The molecule has 1 aliphatic heterocycles. The highest BCUT2D eigenvalue weighted by molar-refractivity contribution is 5.89. The summed E-state index contributed by atoms with van der Waals surface area (Å²) in [5.74, 6) is -0.991. The molecule has 0 spiro atoms. The zero-order chi connectivity index (χ0) is 12.2. The summed E-state index contributed by atoms with van der Waals surface area (Å²) in [5, 5.41) is 18.6. The van der Waals surface area contributed by atoms with E-state index >= 15 is 0 Å². The Morgan fingerprint density at radius 2 is 1.88 bits per heavy atom. The molecule has 5 heteroatoms. The Morgan fingerprint density at radius 1 is 1.12 bits per heavy atom. The van der Waals surface area contributed by atoms with Gasteiger partial charge in [-0.25, -0.2) is 0 Å². The fourth-order valence-corrected chi connectivity index (χ4v) is 3.39. The molecule has 0 radical (unpaired) electrons. The lowest BCUT2D eigenvalue weighted by Gasteiger charge is -2.18. The smallest absolute Gasteiger partial charge is 0.307 e. The number of rotatable bonds is 2. The standard InChI is InChI=1S/C12H17NO4/c14-10-2-1-6-4-13(5-9(6)10)11(15)7-3-8(7)12(16)17/h6-10,14H,1-5H2,(H,16,17). The van der Waals surface area contributed by atoms with Crippen molar-refractivity contribution in [2.45, 2.75) is 25.4 Å². The molecule has 0 aromatic carbocycles. The van der Waals surface area contributed by atoms with Gasteiger partial charge in [0.25, 0.3) is 0 Å². The molecule has 5 nitrogen and oxygen atoms in total. The van der Waals surface area contributed by atoms with E-state index in [2.05, 4.69) is 0 Å². The third-order valence-electron chi connectivity index (χ3n) is 4.56. The van der Waals surface area contributed by atoms with Gasteiger partial charge in [0.05, 0.1) is 17.9 Å². The summed E-state index contributed by atoms with van der Waals surface area (Å²) in [6.07, 6.45) is 2.05. The number of aliphatic carboxylic acids is 1. The Bertz CT molecular complexity index is 370. The molecule has 0 aromatic heterocycles. The van der Waals surface area contributed by atoms with Crippen LogP contribution >= 0.6 is 0 Å². The highest BCUT2D eigenvalue weighted by Crippen LogP contribution is 2.44. The lowest BCUT2D eigenvalue weighted by atomic mass is 10.00. The summed E-state index contributed by atoms with van der Waals surface area (Å²) < 4.78 is 0. The number of carbonyl (C=O) groups excluding carboxylic acids is 1. The van der Waals surface area contributed by atoms with Gasteiger partial charge in [-0.2, -0.15) is 0 Å². The quantitative estimate of drug-likeness (QED) is 0.707. The Kier molecular flexibility index (Phi) is 2.40. The number of nitrogens with zero attached hydrogens (tertiary/aromatic N) is 1. The summed E-state index contributed by atoms with van der Waals surface area (Å²) in [6, 6.07) is 0. The number of hydrogen-bond donors (Lipinski definition) is 2. The zero-order valence-corrected chi connectivity index (χ0v) is 9.58. The minimum atomic E-state index is -0.859. The van der Waals surface area contributed by atoms with E-state index in [0.717, 1.165) is 12.8 Å². The van der Waals surface area contributed by atoms with Crippen molar-refractivity contribution in [3.05, 3.63) is 0 Å². The van der Waals surface area contributed by atoms with Gasteiger partial charge in [-0.1, -0.05) is 0 Å². The molecule has 2 N–H and O–H groups in total. The van der Waals surface area contributed by atoms with Crippen LogP contribution < -0.4 is 0 Å². The van der Waals surface area contributed by atoms with Gasteiger partial charge in [0.2, 0.25) is 5.91 Å². The highest BCUT2D eigenvalue weighted by atomic mass is 16.4. The number of aliphatic hydroxyl groups is 1. The number of carboxylic acid groups (broad SMARTS) is 1. The Morgan fingerprint density at radius 3 is 2.47 bits per heavy atom. The average molecular weight is 239 g/mol. The number of fused-ring (bicyclic) bond motifs is 1. The number of likely N-dealkylation sites (tertiary alicyclic amines) is 1. The Hall–Kier alpha value is -1.10. The van der Waals surface area contributed by atoms with Crippen molar-refractivity contribution >= 4 is 11.9 Å². The average Bonchev–Trinajstić information content (AvgIpc) is 2.87. The maximum absolute atomic E-state index is 12.0. The largest absolute Gasteiger partial charge is 0.481 e. The van der Waals surface area contributed by atoms with Gasteiger partial charge in [-0.15, -0.1) is 0 Å². The van der Waals surface area contributed by atoms with Gasteiger partial charge in [-0.3, -0.25) is 9.59 Å². The van der Waals surface area contributed by atoms with Crippen LogP contribution in [0, 0.1) is 23.7 Å². The Labute approximate surface area is 99.4 Å². The summed E-state index contributed by atoms with van der Waals surface area (Å²) >= 11 is 0. The second-order valence-corrected chi connectivity index (χ2v) is 5.60. The van der Waals surface area contributed by atoms with E-state index < -0.39 is 11.9 Å². The number of hydrogen-bond acceptors (Lipinski definition) is 3. The number of aliphatic hydroxyl groups excluding tert-OH is 1. The van der Waals surface area contributed by atoms with Gasteiger partial charge in [-0.05, 0) is 25.2 Å². The normalized spacial score (nSPS) is 43.6. The molecule has 2 saturated carbocycles. The zero-order valence-electron chi connectivity index (χ0n) is 9.58. The second-order valence-electron chi connectivity index (χ2n) is 5.60. The first-order valence-electron chi connectivity index (χ1n) is 6.27. The van der Waals surface area contributed by atoms with Crippen LogP contribution in [0.3, 0.4) is 0 Å². The lowest BCUT2D eigenvalue weighted by molar-refractivity contribution is -0.141. The molecule has 0 aromatic rings. The van der Waals surface area contributed by atoms with Crippen LogP contribution in [-0.2, 0) is 9.59 Å². The molecule has 3 aliphatic rings. The van der Waals surface area contributed by atoms with Crippen LogP contribution in [0.5, 0.6) is 0 Å². The molecule has 5 atom stereocenters. The molecule has 3 rings (SSSR count). The first-order chi connectivity index (χ1) is 8.08. The third kappa shape index (κ3) is 1.73. The van der Waals surface area contributed by atoms with Crippen molar-refractivity contribution in [1.82, 2.24) is 4.90 Å². The van der Waals surface area contributed by atoms with E-state index in [1.807, 2.05) is 0 Å². The number of carboxylic acids is 1. The summed E-state index contributed by atoms with van der Waals surface area (Å²) in [7, 11) is 0. The molecule has 3 fully saturated rings. The van der Waals surface area contributed by atoms with Crippen LogP contribution in [0.15, 0.2) is 0 Å². The maximum atomic E-state index is 12.0. The van der Waals surface area contributed by atoms with Gasteiger partial charge in [0, 0.05) is 19.0 Å². The van der Waals surface area contributed by atoms with Gasteiger partial charge in [0.1, 0.15) is 0 Å². The highest BCUT2D eigenvalue weighted by Gasteiger charge is 2.52. The van der Waals surface area contributed by atoms with Gasteiger partial charge < -0.3 is 15.1 Å². The predicted molar refractivity (Wildman–Crippen MR) is 58.0 cm³/mol. The van der Waals surface area contributed by atoms with Crippen molar-refractivity contribution in [3.8, 4) is 0 Å². The third-order valence-corrected chi connectivity index (χ3v) is 4.56. The van der Waals surface area contributed by atoms with Crippen molar-refractivity contribution in [3.63, 3.8) is 0 Å². The van der Waals surface area contributed by atoms with Crippen LogP contribution in [-0.4, -0.2) is 46.2 Å². The summed E-state index contributed by atoms with van der Waals surface area (Å²) in [6.45, 7) is 1.33. The van der Waals surface area contributed by atoms with E-state index in [-0.39, 0.29) is 23.8 Å². The number of amides is 1. The van der Waals surface area contributed by atoms with Crippen molar-refractivity contribution in [2.24, 2.45) is 23.7 Å². The van der Waals surface area contributed by atoms with Gasteiger partial charge in [0.15, 0.2) is 0 Å². The van der Waals surface area contributed by atoms with Crippen LogP contribution in [0.2, 0.25) is 0 Å². The Balaban J connectivity index is 1.61. The van der Waals surface area contributed by atoms with E-state index in [0.29, 0.717) is 25.4 Å². The van der Waals surface area contributed by atoms with Crippen LogP contribution in [0.1, 0.15) is 19.3 Å². The fourth-order valence-electron chi connectivity index (χ4n) is 3.39. The first-order valence-corrected chi connectivity index (χ1v) is 6.27. The van der Waals surface area contributed by atoms with E-state index in [1.54, 1.807) is 4.90 Å². The minimum Gasteiger partial charge on any atom is -0.481 e. The monoisotopic (exact) mass is 239 g/mol. The molecule has 1 saturated heterocycles. The molecule has 94 valence electrons. The lowest BCUT2D eigenvalue weighted by Crippen LogP contribution is -2.33.